The van der Waals surface area contributed by atoms with Gasteiger partial charge in [-0.2, -0.15) is 0 Å². The second kappa shape index (κ2) is 6.33. The van der Waals surface area contributed by atoms with Crippen LogP contribution in [0.5, 0.6) is 0 Å². The zero-order valence-electron chi connectivity index (χ0n) is 10.7. The second-order valence-electron chi connectivity index (χ2n) is 4.05. The summed E-state index contributed by atoms with van der Waals surface area (Å²) in [5.41, 5.74) is 2.16. The van der Waals surface area contributed by atoms with Gasteiger partial charge in [0.15, 0.2) is 0 Å². The Morgan fingerprint density at radius 1 is 1.26 bits per heavy atom. The monoisotopic (exact) mass is 318 g/mol. The molecule has 0 aliphatic carbocycles. The number of aryl methyl sites for hydroxylation is 1. The molecule has 98 valence electrons. The summed E-state index contributed by atoms with van der Waals surface area (Å²) < 4.78 is 1.09. The number of hydrogen-bond acceptors (Lipinski definition) is 4. The SMILES string of the molecule is C=CCNc1cc(Nc2ccc(Br)c(C)c2)ncn1. The van der Waals surface area contributed by atoms with Crippen molar-refractivity contribution in [1.82, 2.24) is 9.97 Å². The van der Waals surface area contributed by atoms with E-state index in [9.17, 15) is 0 Å². The van der Waals surface area contributed by atoms with E-state index in [1.807, 2.05) is 25.1 Å². The van der Waals surface area contributed by atoms with Crippen LogP contribution in [0.1, 0.15) is 5.56 Å². The third-order valence-electron chi connectivity index (χ3n) is 2.52. The zero-order valence-corrected chi connectivity index (χ0v) is 12.2. The van der Waals surface area contributed by atoms with Crippen LogP contribution >= 0.6 is 15.9 Å². The number of hydrogen-bond donors (Lipinski definition) is 2. The summed E-state index contributed by atoms with van der Waals surface area (Å²) in [5, 5.41) is 6.38. The summed E-state index contributed by atoms with van der Waals surface area (Å²) in [7, 11) is 0. The molecular weight excluding hydrogens is 304 g/mol. The number of halogens is 1. The molecule has 2 aromatic rings. The maximum atomic E-state index is 4.20. The maximum Gasteiger partial charge on any atom is 0.135 e. The molecule has 2 N–H and O–H groups in total. The third-order valence-corrected chi connectivity index (χ3v) is 3.41. The van der Waals surface area contributed by atoms with Gasteiger partial charge in [-0.25, -0.2) is 9.97 Å². The fraction of sp³-hybridized carbons (Fsp3) is 0.143. The first-order chi connectivity index (χ1) is 9.19. The Bertz CT molecular complexity index is 583. The molecule has 1 aromatic carbocycles. The summed E-state index contributed by atoms with van der Waals surface area (Å²) in [6.45, 7) is 6.38. The lowest BCUT2D eigenvalue weighted by atomic mass is 10.2. The predicted octanol–water partition coefficient (Wildman–Crippen LogP) is 3.89. The van der Waals surface area contributed by atoms with Crippen molar-refractivity contribution in [1.29, 1.82) is 0 Å². The van der Waals surface area contributed by atoms with Crippen LogP contribution in [-0.4, -0.2) is 16.5 Å². The number of nitrogens with one attached hydrogen (secondary N) is 2. The molecule has 0 spiro atoms. The van der Waals surface area contributed by atoms with Gasteiger partial charge in [0.25, 0.3) is 0 Å². The molecule has 0 atom stereocenters. The van der Waals surface area contributed by atoms with Crippen molar-refractivity contribution in [2.45, 2.75) is 6.92 Å². The number of rotatable bonds is 5. The van der Waals surface area contributed by atoms with Gasteiger partial charge in [0, 0.05) is 22.8 Å². The summed E-state index contributed by atoms with van der Waals surface area (Å²) in [6.07, 6.45) is 3.31. The van der Waals surface area contributed by atoms with Crippen molar-refractivity contribution in [2.75, 3.05) is 17.2 Å². The lowest BCUT2D eigenvalue weighted by Crippen LogP contribution is -2.02. The molecule has 2 rings (SSSR count). The van der Waals surface area contributed by atoms with Gasteiger partial charge in [-0.1, -0.05) is 22.0 Å². The Labute approximate surface area is 121 Å². The molecule has 19 heavy (non-hydrogen) atoms. The first-order valence-electron chi connectivity index (χ1n) is 5.89. The molecule has 0 aliphatic heterocycles. The smallest absolute Gasteiger partial charge is 0.135 e. The van der Waals surface area contributed by atoms with E-state index < -0.39 is 0 Å². The molecule has 0 radical (unpaired) electrons. The van der Waals surface area contributed by atoms with Gasteiger partial charge < -0.3 is 10.6 Å². The molecule has 5 heteroatoms. The van der Waals surface area contributed by atoms with E-state index in [0.29, 0.717) is 6.54 Å². The van der Waals surface area contributed by atoms with Crippen LogP contribution in [0.3, 0.4) is 0 Å². The van der Waals surface area contributed by atoms with Crippen molar-refractivity contribution >= 4 is 33.3 Å². The van der Waals surface area contributed by atoms with Crippen LogP contribution in [0.15, 0.2) is 47.7 Å². The Kier molecular flexibility index (Phi) is 4.52. The van der Waals surface area contributed by atoms with Crippen LogP contribution in [0, 0.1) is 6.92 Å². The quantitative estimate of drug-likeness (QED) is 0.821. The van der Waals surface area contributed by atoms with E-state index in [-0.39, 0.29) is 0 Å². The van der Waals surface area contributed by atoms with Gasteiger partial charge in [0.1, 0.15) is 18.0 Å². The minimum Gasteiger partial charge on any atom is -0.366 e. The molecule has 0 bridgehead atoms. The van der Waals surface area contributed by atoms with Gasteiger partial charge in [0.05, 0.1) is 0 Å². The molecule has 1 aromatic heterocycles. The van der Waals surface area contributed by atoms with Crippen LogP contribution < -0.4 is 10.6 Å². The highest BCUT2D eigenvalue weighted by molar-refractivity contribution is 9.10. The van der Waals surface area contributed by atoms with Crippen molar-refractivity contribution in [3.8, 4) is 0 Å². The Morgan fingerprint density at radius 3 is 2.79 bits per heavy atom. The maximum absolute atomic E-state index is 4.20. The van der Waals surface area contributed by atoms with Gasteiger partial charge >= 0.3 is 0 Å². The third kappa shape index (κ3) is 3.79. The average molecular weight is 319 g/mol. The highest BCUT2D eigenvalue weighted by atomic mass is 79.9. The van der Waals surface area contributed by atoms with Crippen LogP contribution in [0.4, 0.5) is 17.3 Å². The van der Waals surface area contributed by atoms with E-state index in [2.05, 4.69) is 49.2 Å². The van der Waals surface area contributed by atoms with E-state index in [4.69, 9.17) is 0 Å². The summed E-state index contributed by atoms with van der Waals surface area (Å²) in [5.74, 6) is 1.52. The van der Waals surface area contributed by atoms with E-state index in [1.54, 1.807) is 6.08 Å². The lowest BCUT2D eigenvalue weighted by Gasteiger charge is -2.09. The first kappa shape index (κ1) is 13.5. The molecule has 1 heterocycles. The molecular formula is C14H15BrN4. The minimum absolute atomic E-state index is 0.674. The standard InChI is InChI=1S/C14H15BrN4/c1-3-6-16-13-8-14(18-9-17-13)19-11-4-5-12(15)10(2)7-11/h3-5,7-9H,1,6H2,2H3,(H2,16,17,18,19). The van der Waals surface area contributed by atoms with Gasteiger partial charge in [-0.15, -0.1) is 6.58 Å². The average Bonchev–Trinajstić information content (AvgIpc) is 2.41. The molecule has 0 amide bonds. The molecule has 0 aliphatic rings. The van der Waals surface area contributed by atoms with Crippen molar-refractivity contribution in [3.63, 3.8) is 0 Å². The van der Waals surface area contributed by atoms with Gasteiger partial charge in [-0.3, -0.25) is 0 Å². The van der Waals surface area contributed by atoms with Crippen LogP contribution in [0.2, 0.25) is 0 Å². The number of benzene rings is 1. The predicted molar refractivity (Wildman–Crippen MR) is 82.9 cm³/mol. The lowest BCUT2D eigenvalue weighted by molar-refractivity contribution is 1.14. The molecule has 0 saturated carbocycles. The molecule has 4 nitrogen and oxygen atoms in total. The summed E-state index contributed by atoms with van der Waals surface area (Å²) in [4.78, 5) is 8.33. The molecule has 0 unspecified atom stereocenters. The Hall–Kier alpha value is -1.88. The van der Waals surface area contributed by atoms with Crippen molar-refractivity contribution in [2.24, 2.45) is 0 Å². The van der Waals surface area contributed by atoms with Crippen LogP contribution in [-0.2, 0) is 0 Å². The van der Waals surface area contributed by atoms with Crippen molar-refractivity contribution < 1.29 is 0 Å². The zero-order chi connectivity index (χ0) is 13.7. The largest absolute Gasteiger partial charge is 0.366 e. The number of aromatic nitrogens is 2. The number of anilines is 3. The summed E-state index contributed by atoms with van der Waals surface area (Å²) >= 11 is 3.48. The first-order valence-corrected chi connectivity index (χ1v) is 6.68. The Balaban J connectivity index is 2.13. The van der Waals surface area contributed by atoms with E-state index in [0.717, 1.165) is 21.8 Å². The topological polar surface area (TPSA) is 49.8 Å². The van der Waals surface area contributed by atoms with Crippen molar-refractivity contribution in [3.05, 3.63) is 53.3 Å². The molecule has 0 fully saturated rings. The van der Waals surface area contributed by atoms with Gasteiger partial charge in [0.2, 0.25) is 0 Å². The van der Waals surface area contributed by atoms with Crippen LogP contribution in [0.25, 0.3) is 0 Å². The normalized spacial score (nSPS) is 10.0. The highest BCUT2D eigenvalue weighted by Crippen LogP contribution is 2.22. The van der Waals surface area contributed by atoms with E-state index in [1.165, 1.54) is 11.9 Å². The summed E-state index contributed by atoms with van der Waals surface area (Å²) in [6, 6.07) is 7.93. The van der Waals surface area contributed by atoms with E-state index >= 15 is 0 Å². The number of nitrogens with zero attached hydrogens (tertiary/aromatic N) is 2. The Morgan fingerprint density at radius 2 is 2.05 bits per heavy atom. The fourth-order valence-electron chi connectivity index (χ4n) is 1.57. The minimum atomic E-state index is 0.674. The molecule has 0 saturated heterocycles. The fourth-order valence-corrected chi connectivity index (χ4v) is 1.82. The van der Waals surface area contributed by atoms with Gasteiger partial charge in [-0.05, 0) is 30.7 Å². The second-order valence-corrected chi connectivity index (χ2v) is 4.90. The highest BCUT2D eigenvalue weighted by Gasteiger charge is 2.01.